The Hall–Kier alpha value is -3.58. The smallest absolute Gasteiger partial charge is 0.330 e. The van der Waals surface area contributed by atoms with E-state index in [4.69, 9.17) is 5.73 Å². The predicted molar refractivity (Wildman–Crippen MR) is 132 cm³/mol. The van der Waals surface area contributed by atoms with Crippen molar-refractivity contribution in [2.24, 2.45) is 5.73 Å². The number of aromatic hydroxyl groups is 1. The number of amides is 1. The highest BCUT2D eigenvalue weighted by atomic mass is 16.3. The lowest BCUT2D eigenvalue weighted by Crippen LogP contribution is -2.40. The number of imidazole rings is 1. The fourth-order valence-electron chi connectivity index (χ4n) is 6.11. The van der Waals surface area contributed by atoms with Crippen LogP contribution in [0.4, 0.5) is 0 Å². The molecule has 1 amide bonds. The topological polar surface area (TPSA) is 93.5 Å². The van der Waals surface area contributed by atoms with Crippen LogP contribution in [0, 0.1) is 0 Å². The van der Waals surface area contributed by atoms with Crippen LogP contribution < -0.4 is 11.4 Å². The Balaban J connectivity index is 1.31. The molecule has 6 rings (SSSR count). The van der Waals surface area contributed by atoms with Crippen LogP contribution in [0.15, 0.2) is 59.4 Å². The number of rotatable bonds is 4. The van der Waals surface area contributed by atoms with Crippen molar-refractivity contribution in [2.45, 2.75) is 44.3 Å². The summed E-state index contributed by atoms with van der Waals surface area (Å²) in [6, 6.07) is 17.2. The van der Waals surface area contributed by atoms with E-state index >= 15 is 0 Å². The summed E-state index contributed by atoms with van der Waals surface area (Å²) in [5.74, 6) is -0.154. The van der Waals surface area contributed by atoms with Crippen molar-refractivity contribution >= 4 is 27.7 Å². The second-order valence-corrected chi connectivity index (χ2v) is 9.59. The number of primary amides is 1. The van der Waals surface area contributed by atoms with Crippen LogP contribution in [0.3, 0.4) is 0 Å². The third kappa shape index (κ3) is 3.00. The van der Waals surface area contributed by atoms with Gasteiger partial charge in [0.2, 0.25) is 5.91 Å². The molecule has 4 aromatic rings. The Morgan fingerprint density at radius 3 is 2.50 bits per heavy atom. The molecule has 1 fully saturated rings. The molecule has 34 heavy (non-hydrogen) atoms. The van der Waals surface area contributed by atoms with Gasteiger partial charge in [-0.25, -0.2) is 4.79 Å². The van der Waals surface area contributed by atoms with Gasteiger partial charge in [-0.3, -0.25) is 18.8 Å². The minimum Gasteiger partial charge on any atom is -0.508 e. The quantitative estimate of drug-likeness (QED) is 0.490. The van der Waals surface area contributed by atoms with E-state index in [0.717, 1.165) is 48.9 Å². The Morgan fingerprint density at radius 1 is 1.03 bits per heavy atom. The maximum absolute atomic E-state index is 13.5. The first-order valence-electron chi connectivity index (χ1n) is 11.9. The summed E-state index contributed by atoms with van der Waals surface area (Å²) in [6.07, 6.45) is 2.54. The van der Waals surface area contributed by atoms with E-state index in [-0.39, 0.29) is 17.8 Å². The van der Waals surface area contributed by atoms with Gasteiger partial charge in [0.15, 0.2) is 0 Å². The molecule has 1 aliphatic heterocycles. The number of benzene rings is 3. The van der Waals surface area contributed by atoms with Crippen molar-refractivity contribution in [3.8, 4) is 5.75 Å². The maximum Gasteiger partial charge on any atom is 0.330 e. The van der Waals surface area contributed by atoms with Crippen LogP contribution in [-0.2, 0) is 11.2 Å². The second kappa shape index (κ2) is 7.74. The number of nitrogens with zero attached hydrogens (tertiary/aromatic N) is 3. The van der Waals surface area contributed by atoms with Crippen molar-refractivity contribution < 1.29 is 9.90 Å². The molecular formula is C27H28N4O3. The van der Waals surface area contributed by atoms with Crippen LogP contribution in [0.1, 0.15) is 49.0 Å². The van der Waals surface area contributed by atoms with Gasteiger partial charge in [-0.05, 0) is 60.7 Å². The summed E-state index contributed by atoms with van der Waals surface area (Å²) in [5.41, 5.74) is 9.28. The molecule has 3 aromatic carbocycles. The van der Waals surface area contributed by atoms with Crippen molar-refractivity contribution in [1.29, 1.82) is 0 Å². The maximum atomic E-state index is 13.5. The lowest BCUT2D eigenvalue weighted by atomic mass is 9.98. The van der Waals surface area contributed by atoms with E-state index in [1.807, 2.05) is 34.9 Å². The molecule has 1 saturated heterocycles. The Morgan fingerprint density at radius 2 is 1.76 bits per heavy atom. The Kier molecular flexibility index (Phi) is 4.78. The molecule has 2 unspecified atom stereocenters. The largest absolute Gasteiger partial charge is 0.508 e. The van der Waals surface area contributed by atoms with Crippen molar-refractivity contribution in [1.82, 2.24) is 14.0 Å². The molecule has 0 saturated carbocycles. The highest BCUT2D eigenvalue weighted by Gasteiger charge is 2.35. The number of carbonyl (C=O) groups is 1. The summed E-state index contributed by atoms with van der Waals surface area (Å²) < 4.78 is 3.38. The van der Waals surface area contributed by atoms with Crippen LogP contribution in [-0.4, -0.2) is 38.1 Å². The zero-order valence-corrected chi connectivity index (χ0v) is 19.1. The fraction of sp³-hybridized carbons (Fsp3) is 0.333. The second-order valence-electron chi connectivity index (χ2n) is 9.59. The van der Waals surface area contributed by atoms with Crippen LogP contribution in [0.25, 0.3) is 21.8 Å². The number of carbonyl (C=O) groups excluding carboxylic acids is 1. The first-order valence-corrected chi connectivity index (χ1v) is 11.9. The average Bonchev–Trinajstić information content (AvgIpc) is 3.37. The third-order valence-electron chi connectivity index (χ3n) is 7.81. The number of phenols is 1. The number of aromatic nitrogens is 2. The standard InChI is InChI=1S/C27H28N4O3/c1-16(26(28)33)30-20-7-2-3-8-21(20)31(27(30)34)19-11-13-29(14-12-19)22-15-18-6-4-5-17-9-10-23(32)25(22)24(17)18/h2-10,16,19,22,32H,11-15H2,1H3,(H2,28,33). The molecule has 7 heteroatoms. The highest BCUT2D eigenvalue weighted by Crippen LogP contribution is 2.46. The van der Waals surface area contributed by atoms with Crippen LogP contribution >= 0.6 is 0 Å². The molecule has 1 aliphatic carbocycles. The van der Waals surface area contributed by atoms with Crippen molar-refractivity contribution in [2.75, 3.05) is 13.1 Å². The van der Waals surface area contributed by atoms with E-state index in [0.29, 0.717) is 5.75 Å². The van der Waals surface area contributed by atoms with Gasteiger partial charge >= 0.3 is 5.69 Å². The van der Waals surface area contributed by atoms with Gasteiger partial charge < -0.3 is 10.8 Å². The number of likely N-dealkylation sites (tertiary alicyclic amines) is 1. The summed E-state index contributed by atoms with van der Waals surface area (Å²) in [6.45, 7) is 3.33. The zero-order chi connectivity index (χ0) is 23.6. The van der Waals surface area contributed by atoms with Gasteiger partial charge in [0.25, 0.3) is 0 Å². The number of hydrogen-bond acceptors (Lipinski definition) is 4. The van der Waals surface area contributed by atoms with Gasteiger partial charge in [0, 0.05) is 30.7 Å². The average molecular weight is 457 g/mol. The molecule has 1 aromatic heterocycles. The van der Waals surface area contributed by atoms with Crippen LogP contribution in [0.2, 0.25) is 0 Å². The number of piperidine rings is 1. The third-order valence-corrected chi connectivity index (χ3v) is 7.81. The van der Waals surface area contributed by atoms with E-state index in [9.17, 15) is 14.7 Å². The highest BCUT2D eigenvalue weighted by molar-refractivity contribution is 5.93. The molecular weight excluding hydrogens is 428 g/mol. The SMILES string of the molecule is CC(C(N)=O)n1c(=O)n(C2CCN(C3Cc4cccc5ccc(O)c3c45)CC2)c2ccccc21. The number of fused-ring (bicyclic) bond motifs is 1. The van der Waals surface area contributed by atoms with E-state index in [2.05, 4.69) is 23.1 Å². The summed E-state index contributed by atoms with van der Waals surface area (Å²) in [7, 11) is 0. The van der Waals surface area contributed by atoms with E-state index < -0.39 is 11.9 Å². The van der Waals surface area contributed by atoms with Crippen LogP contribution in [0.5, 0.6) is 5.75 Å². The summed E-state index contributed by atoms with van der Waals surface area (Å²) >= 11 is 0. The molecule has 0 spiro atoms. The zero-order valence-electron chi connectivity index (χ0n) is 19.1. The molecule has 0 bridgehead atoms. The number of hydrogen-bond donors (Lipinski definition) is 2. The van der Waals surface area contributed by atoms with Crippen molar-refractivity contribution in [3.63, 3.8) is 0 Å². The van der Waals surface area contributed by atoms with Crippen molar-refractivity contribution in [3.05, 3.63) is 76.2 Å². The molecule has 0 radical (unpaired) electrons. The van der Waals surface area contributed by atoms with Gasteiger partial charge in [-0.2, -0.15) is 0 Å². The first kappa shape index (κ1) is 21.0. The normalized spacial score (nSPS) is 19.7. The molecule has 7 nitrogen and oxygen atoms in total. The van der Waals surface area contributed by atoms with E-state index in [1.165, 1.54) is 20.9 Å². The number of para-hydroxylation sites is 2. The first-order chi connectivity index (χ1) is 16.5. The summed E-state index contributed by atoms with van der Waals surface area (Å²) in [4.78, 5) is 27.8. The molecule has 2 atom stereocenters. The minimum atomic E-state index is -0.709. The number of phenolic OH excluding ortho intramolecular Hbond substituents is 1. The van der Waals surface area contributed by atoms with Gasteiger partial charge in [-0.15, -0.1) is 0 Å². The lowest BCUT2D eigenvalue weighted by molar-refractivity contribution is -0.120. The lowest BCUT2D eigenvalue weighted by Gasteiger charge is -2.37. The van der Waals surface area contributed by atoms with Gasteiger partial charge in [-0.1, -0.05) is 36.4 Å². The minimum absolute atomic E-state index is 0.0446. The fourth-order valence-corrected chi connectivity index (χ4v) is 6.11. The molecule has 2 heterocycles. The monoisotopic (exact) mass is 456 g/mol. The Labute approximate surface area is 197 Å². The summed E-state index contributed by atoms with van der Waals surface area (Å²) in [5, 5.41) is 13.1. The predicted octanol–water partition coefficient (Wildman–Crippen LogP) is 3.64. The number of nitrogens with two attached hydrogens (primary N) is 1. The molecule has 174 valence electrons. The molecule has 3 N–H and O–H groups in total. The van der Waals surface area contributed by atoms with E-state index in [1.54, 1.807) is 13.0 Å². The molecule has 2 aliphatic rings. The van der Waals surface area contributed by atoms with Gasteiger partial charge in [0.05, 0.1) is 11.0 Å². The Bertz CT molecular complexity index is 1490. The van der Waals surface area contributed by atoms with Gasteiger partial charge in [0.1, 0.15) is 11.8 Å².